The van der Waals surface area contributed by atoms with Crippen molar-refractivity contribution >= 4 is 58.6 Å². The summed E-state index contributed by atoms with van der Waals surface area (Å²) in [5, 5.41) is 29.4. The number of aromatic hydroxyl groups is 1. The number of thioether (sulfide) groups is 1. The predicted molar refractivity (Wildman–Crippen MR) is 245 cm³/mol. The van der Waals surface area contributed by atoms with Crippen LogP contribution in [0.25, 0.3) is 0 Å². The molecule has 6 aliphatic rings. The number of nitrogens with zero attached hydrogens (tertiary/aromatic N) is 2. The Hall–Kier alpha value is -4.53. The Morgan fingerprint density at radius 2 is 1.83 bits per heavy atom. The van der Waals surface area contributed by atoms with E-state index in [9.17, 15) is 20.0 Å². The van der Waals surface area contributed by atoms with Crippen LogP contribution in [-0.2, 0) is 31.8 Å². The van der Waals surface area contributed by atoms with Crippen LogP contribution in [0.3, 0.4) is 0 Å². The summed E-state index contributed by atoms with van der Waals surface area (Å²) in [7, 11) is 3.14. The molecule has 1 amide bonds. The van der Waals surface area contributed by atoms with Gasteiger partial charge < -0.3 is 48.9 Å². The second-order valence-corrected chi connectivity index (χ2v) is 20.6. The molecule has 3 aromatic rings. The molecule has 1 saturated heterocycles. The van der Waals surface area contributed by atoms with Gasteiger partial charge in [0.05, 0.1) is 25.3 Å². The van der Waals surface area contributed by atoms with Gasteiger partial charge >= 0.3 is 12.1 Å². The van der Waals surface area contributed by atoms with Crippen LogP contribution in [0.15, 0.2) is 54.6 Å². The van der Waals surface area contributed by atoms with Crippen LogP contribution in [0.1, 0.15) is 68.4 Å². The van der Waals surface area contributed by atoms with Crippen LogP contribution < -0.4 is 29.6 Å². The van der Waals surface area contributed by atoms with Crippen molar-refractivity contribution < 1.29 is 47.9 Å². The van der Waals surface area contributed by atoms with Crippen molar-refractivity contribution in [1.29, 1.82) is 5.26 Å². The van der Waals surface area contributed by atoms with Crippen LogP contribution >= 0.6 is 46.6 Å². The minimum absolute atomic E-state index is 0.0240. The molecule has 9 rings (SSSR count). The number of benzene rings is 3. The van der Waals surface area contributed by atoms with E-state index >= 15 is 0 Å². The fourth-order valence-corrected chi connectivity index (χ4v) is 12.2. The van der Waals surface area contributed by atoms with Gasteiger partial charge in [-0.2, -0.15) is 17.0 Å². The highest BCUT2D eigenvalue weighted by Gasteiger charge is 2.55. The van der Waals surface area contributed by atoms with Gasteiger partial charge in [-0.05, 0) is 54.9 Å². The van der Waals surface area contributed by atoms with Crippen molar-refractivity contribution in [3.8, 4) is 34.8 Å². The zero-order valence-corrected chi connectivity index (χ0v) is 39.2. The summed E-state index contributed by atoms with van der Waals surface area (Å²) in [5.41, 5.74) is 6.92. The maximum atomic E-state index is 14.5. The van der Waals surface area contributed by atoms with Crippen molar-refractivity contribution in [2.45, 2.75) is 78.6 Å². The number of esters is 1. The summed E-state index contributed by atoms with van der Waals surface area (Å²) >= 11 is 19.2. The third kappa shape index (κ3) is 8.45. The highest BCUT2D eigenvalue weighted by molar-refractivity contribution is 7.99. The molecule has 3 aromatic carbocycles. The maximum Gasteiger partial charge on any atom is 0.408 e. The second-order valence-electron chi connectivity index (χ2n) is 17.0. The van der Waals surface area contributed by atoms with Gasteiger partial charge in [0, 0.05) is 64.8 Å². The first-order valence-corrected chi connectivity index (χ1v) is 23.7. The van der Waals surface area contributed by atoms with E-state index in [0.29, 0.717) is 51.9 Å². The van der Waals surface area contributed by atoms with Crippen LogP contribution in [0.5, 0.6) is 28.7 Å². The molecule has 9 atom stereocenters. The number of amides is 1. The third-order valence-electron chi connectivity index (χ3n) is 13.4. The highest BCUT2D eigenvalue weighted by atomic mass is 35.6. The SMILES string of the molecule is COCOc1c(OC)c(C)cc2c1[C@@H]1N[C@H](C2)[C@H](C#N)N2C1Cc1c(O)c(C)c3c(c1[C@@H]2COC(=O)[C@@H](CSCC1c2ccccc2C2C=CC=CC21)NC(=O)OCC(Cl)(Cl)Cl)OCO3. The fraction of sp³-hybridized carbons (Fsp3) is 0.468. The third-order valence-corrected chi connectivity index (χ3v) is 14.9. The first-order chi connectivity index (χ1) is 31.3. The number of ether oxygens (including phenoxy) is 7. The van der Waals surface area contributed by atoms with Crippen molar-refractivity contribution in [3.05, 3.63) is 99.1 Å². The minimum atomic E-state index is -1.88. The highest BCUT2D eigenvalue weighted by Crippen LogP contribution is 2.57. The molecule has 4 unspecified atom stereocenters. The molecule has 344 valence electrons. The van der Waals surface area contributed by atoms with Crippen molar-refractivity contribution in [2.24, 2.45) is 5.92 Å². The predicted octanol–water partition coefficient (Wildman–Crippen LogP) is 7.52. The Morgan fingerprint density at radius 1 is 1.06 bits per heavy atom. The van der Waals surface area contributed by atoms with Gasteiger partial charge in [-0.25, -0.2) is 9.59 Å². The number of halogens is 3. The number of hydrogen-bond donors (Lipinski definition) is 3. The van der Waals surface area contributed by atoms with E-state index in [4.69, 9.17) is 68.0 Å². The molecule has 0 radical (unpaired) electrons. The lowest BCUT2D eigenvalue weighted by atomic mass is 9.72. The van der Waals surface area contributed by atoms with Gasteiger partial charge in [-0.15, -0.1) is 0 Å². The number of piperazine rings is 1. The number of hydrogen-bond acceptors (Lipinski definition) is 14. The molecule has 2 aliphatic carbocycles. The van der Waals surface area contributed by atoms with Gasteiger partial charge in [0.15, 0.2) is 29.8 Å². The monoisotopic (exact) mass is 966 g/mol. The normalized spacial score (nSPS) is 25.8. The number of methoxy groups -OCH3 is 2. The Balaban J connectivity index is 1.04. The lowest BCUT2D eigenvalue weighted by Crippen LogP contribution is -2.68. The van der Waals surface area contributed by atoms with Crippen molar-refractivity contribution in [3.63, 3.8) is 0 Å². The number of allylic oxidation sites excluding steroid dienone is 4. The number of aryl methyl sites for hydroxylation is 1. The molecule has 65 heavy (non-hydrogen) atoms. The summed E-state index contributed by atoms with van der Waals surface area (Å²) in [5.74, 6) is 2.61. The van der Waals surface area contributed by atoms with E-state index in [-0.39, 0.29) is 61.9 Å². The molecular weight excluding hydrogens is 919 g/mol. The average molecular weight is 968 g/mol. The number of nitriles is 1. The number of alkyl carbamates (subject to hydrolysis) is 1. The zero-order chi connectivity index (χ0) is 45.7. The summed E-state index contributed by atoms with van der Waals surface area (Å²) in [6.45, 7) is 2.77. The van der Waals surface area contributed by atoms with Crippen LogP contribution in [-0.4, -0.2) is 103 Å². The molecule has 0 spiro atoms. The summed E-state index contributed by atoms with van der Waals surface area (Å²) in [6, 6.07) is 9.07. The number of fused-ring (bicyclic) bond motifs is 12. The number of carbonyl (C=O) groups excluding carboxylic acids is 2. The van der Waals surface area contributed by atoms with E-state index in [1.807, 2.05) is 13.0 Å². The molecule has 14 nitrogen and oxygen atoms in total. The Morgan fingerprint density at radius 3 is 2.58 bits per heavy atom. The second kappa shape index (κ2) is 18.6. The number of rotatable bonds is 13. The van der Waals surface area contributed by atoms with E-state index in [1.54, 1.807) is 21.1 Å². The van der Waals surface area contributed by atoms with Crippen molar-refractivity contribution in [2.75, 3.05) is 52.5 Å². The Labute approximate surface area is 396 Å². The molecule has 18 heteroatoms. The number of nitrogens with one attached hydrogen (secondary N) is 2. The quantitative estimate of drug-likeness (QED) is 0.0873. The summed E-state index contributed by atoms with van der Waals surface area (Å²) in [6.07, 6.45) is 8.41. The van der Waals surface area contributed by atoms with Crippen LogP contribution in [0, 0.1) is 31.1 Å². The smallest absolute Gasteiger partial charge is 0.408 e. The van der Waals surface area contributed by atoms with Gasteiger partial charge in [-0.3, -0.25) is 4.90 Å². The topological polar surface area (TPSA) is 170 Å². The Bertz CT molecular complexity index is 2480. The summed E-state index contributed by atoms with van der Waals surface area (Å²) in [4.78, 5) is 29.8. The molecule has 4 aliphatic heterocycles. The zero-order valence-electron chi connectivity index (χ0n) is 36.1. The number of phenolic OH excluding ortho intramolecular Hbond substituents is 1. The minimum Gasteiger partial charge on any atom is -0.507 e. The lowest BCUT2D eigenvalue weighted by Gasteiger charge is -2.56. The van der Waals surface area contributed by atoms with E-state index in [0.717, 1.165) is 16.7 Å². The first-order valence-electron chi connectivity index (χ1n) is 21.4. The van der Waals surface area contributed by atoms with Gasteiger partial charge in [0.2, 0.25) is 10.6 Å². The van der Waals surface area contributed by atoms with Crippen molar-refractivity contribution in [1.82, 2.24) is 15.5 Å². The standard InChI is InChI=1S/C47H49Cl3N4O10S/c1-23-13-25-14-32-35(16-51)54-34(39(52-32)37(25)43(41(23)59-4)62-21-58-3)15-30-38(44-42(63-22-64-44)24(2)40(30)55)36(54)17-60-45(56)33(53-46(57)61-20-47(48,49)50)19-65-18-31-28-11-7-5-9-26(28)27-10-6-8-12-29(27)31/h5-13,26,28,31-36,39,52,55H,14-15,17-22H2,1-4H3,(H,53,57)/t26?,28?,31?,32-,33-,34?,35+,36+,39-/m1/s1. The number of alkyl halides is 3. The van der Waals surface area contributed by atoms with Crippen LogP contribution in [0.2, 0.25) is 0 Å². The molecular formula is C47H49Cl3N4O10S. The fourth-order valence-electron chi connectivity index (χ4n) is 10.8. The molecule has 0 aromatic heterocycles. The van der Waals surface area contributed by atoms with Crippen LogP contribution in [0.4, 0.5) is 4.79 Å². The van der Waals surface area contributed by atoms with Gasteiger partial charge in [-0.1, -0.05) is 89.4 Å². The number of phenols is 1. The van der Waals surface area contributed by atoms with E-state index in [2.05, 4.69) is 70.2 Å². The Kier molecular flexibility index (Phi) is 13.1. The largest absolute Gasteiger partial charge is 0.507 e. The molecule has 1 fully saturated rings. The van der Waals surface area contributed by atoms with E-state index < -0.39 is 52.7 Å². The maximum absolute atomic E-state index is 14.5. The molecule has 3 N–H and O–H groups in total. The first kappa shape index (κ1) is 45.6. The van der Waals surface area contributed by atoms with E-state index in [1.165, 1.54) is 22.9 Å². The van der Waals surface area contributed by atoms with Gasteiger partial charge in [0.1, 0.15) is 31.0 Å². The average Bonchev–Trinajstić information content (AvgIpc) is 3.91. The molecule has 0 saturated carbocycles. The van der Waals surface area contributed by atoms with Gasteiger partial charge in [0.25, 0.3) is 0 Å². The molecule has 4 heterocycles. The summed E-state index contributed by atoms with van der Waals surface area (Å²) < 4.78 is 39.1. The molecule has 2 bridgehead atoms. The number of carbonyl (C=O) groups is 2. The lowest BCUT2D eigenvalue weighted by molar-refractivity contribution is -0.149.